The molecule has 0 amide bonds. The van der Waals surface area contributed by atoms with E-state index < -0.39 is 0 Å². The van der Waals surface area contributed by atoms with Crippen LogP contribution in [-0.2, 0) is 0 Å². The molecule has 0 aromatic rings. The van der Waals surface area contributed by atoms with Gasteiger partial charge in [0.1, 0.15) is 0 Å². The highest BCUT2D eigenvalue weighted by molar-refractivity contribution is 7.77. The first-order valence-corrected chi connectivity index (χ1v) is 12.3. The first-order chi connectivity index (χ1) is 10.0. The molecule has 0 aromatic carbocycles. The molecule has 0 radical (unpaired) electrons. The van der Waals surface area contributed by atoms with Crippen LogP contribution >= 0.6 is 15.8 Å². The van der Waals surface area contributed by atoms with Crippen LogP contribution in [-0.4, -0.2) is 28.0 Å². The zero-order chi connectivity index (χ0) is 15.6. The quantitative estimate of drug-likeness (QED) is 0.358. The molecule has 6 atom stereocenters. The highest BCUT2D eigenvalue weighted by Gasteiger charge is 2.45. The summed E-state index contributed by atoms with van der Waals surface area (Å²) in [5.74, 6) is 0. The van der Waals surface area contributed by atoms with Crippen LogP contribution in [0.2, 0.25) is 0 Å². The van der Waals surface area contributed by atoms with Gasteiger partial charge in [-0.25, -0.2) is 0 Å². The molecule has 0 aromatic heterocycles. The smallest absolute Gasteiger partial charge is 0.000341 e. The number of rotatable bonds is 6. The third-order valence-electron chi connectivity index (χ3n) is 6.08. The van der Waals surface area contributed by atoms with Gasteiger partial charge in [0.25, 0.3) is 0 Å². The molecule has 2 unspecified atom stereocenters. The molecule has 2 heteroatoms. The molecule has 0 nitrogen and oxygen atoms in total. The predicted molar refractivity (Wildman–Crippen MR) is 103 cm³/mol. The monoisotopic (exact) mass is 326 g/mol. The van der Waals surface area contributed by atoms with Gasteiger partial charge in [0.15, 0.2) is 0 Å². The van der Waals surface area contributed by atoms with Crippen LogP contribution in [0.3, 0.4) is 0 Å². The van der Waals surface area contributed by atoms with Crippen LogP contribution in [0.15, 0.2) is 12.2 Å². The summed E-state index contributed by atoms with van der Waals surface area (Å²) in [7, 11) is 0.440. The lowest BCUT2D eigenvalue weighted by atomic mass is 10.1. The highest BCUT2D eigenvalue weighted by Crippen LogP contribution is 2.74. The van der Waals surface area contributed by atoms with E-state index in [1.54, 1.807) is 0 Å². The lowest BCUT2D eigenvalue weighted by Gasteiger charge is -2.40. The van der Waals surface area contributed by atoms with E-state index in [0.717, 1.165) is 28.0 Å². The summed E-state index contributed by atoms with van der Waals surface area (Å²) in [5, 5.41) is 1.03. The Morgan fingerprint density at radius 3 is 1.76 bits per heavy atom. The van der Waals surface area contributed by atoms with E-state index in [1.165, 1.54) is 50.5 Å². The van der Waals surface area contributed by atoms with Crippen molar-refractivity contribution in [1.82, 2.24) is 0 Å². The van der Waals surface area contributed by atoms with Crippen LogP contribution in [0, 0.1) is 0 Å². The van der Waals surface area contributed by atoms with Crippen LogP contribution < -0.4 is 0 Å². The molecule has 0 N–H and O–H groups in total. The summed E-state index contributed by atoms with van der Waals surface area (Å²) < 4.78 is 0. The number of hydrogen-bond acceptors (Lipinski definition) is 0. The second-order valence-corrected chi connectivity index (χ2v) is 13.8. The molecule has 2 aliphatic rings. The van der Waals surface area contributed by atoms with E-state index in [9.17, 15) is 0 Å². The maximum atomic E-state index is 4.37. The third-order valence-corrected chi connectivity index (χ3v) is 15.2. The van der Waals surface area contributed by atoms with Crippen LogP contribution in [0.4, 0.5) is 0 Å². The fraction of sp³-hybridized carbons (Fsp3) is 0.895. The Morgan fingerprint density at radius 2 is 1.33 bits per heavy atom. The Kier molecular flexibility index (Phi) is 6.77. The normalized spacial score (nSPS) is 38.8. The second-order valence-electron chi connectivity index (χ2n) is 7.23. The molecule has 2 saturated heterocycles. The lowest BCUT2D eigenvalue weighted by molar-refractivity contribution is 0.696. The minimum absolute atomic E-state index is 0.181. The van der Waals surface area contributed by atoms with Crippen molar-refractivity contribution in [2.24, 2.45) is 0 Å². The molecule has 2 aliphatic heterocycles. The molecule has 21 heavy (non-hydrogen) atoms. The van der Waals surface area contributed by atoms with E-state index in [2.05, 4.69) is 41.2 Å². The van der Waals surface area contributed by atoms with E-state index in [-0.39, 0.29) is 15.8 Å². The minimum Gasteiger partial charge on any atom is -0.0995 e. The Balaban J connectivity index is 2.21. The van der Waals surface area contributed by atoms with Crippen LogP contribution in [0.5, 0.6) is 0 Å². The van der Waals surface area contributed by atoms with Crippen LogP contribution in [0.1, 0.15) is 79.6 Å². The maximum Gasteiger partial charge on any atom is 0.000341 e. The Morgan fingerprint density at radius 1 is 0.905 bits per heavy atom. The molecule has 0 aliphatic carbocycles. The minimum atomic E-state index is 0.181. The van der Waals surface area contributed by atoms with Gasteiger partial charge in [-0.3, -0.25) is 0 Å². The van der Waals surface area contributed by atoms with Crippen molar-refractivity contribution in [3.63, 3.8) is 0 Å². The van der Waals surface area contributed by atoms with Gasteiger partial charge in [-0.15, -0.1) is 0 Å². The lowest BCUT2D eigenvalue weighted by Crippen LogP contribution is -2.18. The van der Waals surface area contributed by atoms with Crippen molar-refractivity contribution >= 4 is 15.8 Å². The van der Waals surface area contributed by atoms with Gasteiger partial charge < -0.3 is 0 Å². The molecular formula is C19H36P2. The number of hydrogen-bond donors (Lipinski definition) is 0. The molecule has 2 heterocycles. The zero-order valence-corrected chi connectivity index (χ0v) is 16.7. The van der Waals surface area contributed by atoms with E-state index >= 15 is 0 Å². The first kappa shape index (κ1) is 17.9. The fourth-order valence-electron chi connectivity index (χ4n) is 4.96. The summed E-state index contributed by atoms with van der Waals surface area (Å²) in [6.45, 7) is 16.7. The molecule has 0 saturated carbocycles. The van der Waals surface area contributed by atoms with Gasteiger partial charge in [-0.05, 0) is 74.2 Å². The van der Waals surface area contributed by atoms with Crippen molar-refractivity contribution in [3.05, 3.63) is 12.2 Å². The van der Waals surface area contributed by atoms with Gasteiger partial charge in [-0.2, -0.15) is 0 Å². The van der Waals surface area contributed by atoms with E-state index in [1.807, 2.05) is 0 Å². The Labute approximate surface area is 136 Å². The highest BCUT2D eigenvalue weighted by atomic mass is 31.2. The fourth-order valence-corrected chi connectivity index (χ4v) is 15.4. The third kappa shape index (κ3) is 3.58. The SMILES string of the molecule is C=C(C)[C@@H]1CC[C@@H](CC)P1C(C)P1[C@H](CC)CC[C@H]1CC. The predicted octanol–water partition coefficient (Wildman–Crippen LogP) is 7.16. The molecule has 2 fully saturated rings. The summed E-state index contributed by atoms with van der Waals surface area (Å²) >= 11 is 0. The zero-order valence-electron chi connectivity index (χ0n) is 14.9. The summed E-state index contributed by atoms with van der Waals surface area (Å²) in [6.07, 6.45) is 10.3. The molecule has 0 spiro atoms. The first-order valence-electron chi connectivity index (χ1n) is 9.25. The Hall–Kier alpha value is 0.600. The Bertz CT molecular complexity index is 339. The molecule has 122 valence electrons. The summed E-state index contributed by atoms with van der Waals surface area (Å²) in [5.41, 5.74) is 5.57. The van der Waals surface area contributed by atoms with Crippen molar-refractivity contribution in [2.75, 3.05) is 0 Å². The average Bonchev–Trinajstić information content (AvgIpc) is 3.09. The summed E-state index contributed by atoms with van der Waals surface area (Å²) in [6, 6.07) is 0. The van der Waals surface area contributed by atoms with E-state index in [0.29, 0.717) is 0 Å². The van der Waals surface area contributed by atoms with Gasteiger partial charge >= 0.3 is 0 Å². The van der Waals surface area contributed by atoms with Crippen LogP contribution in [0.25, 0.3) is 0 Å². The number of allylic oxidation sites excluding steroid dienone is 1. The van der Waals surface area contributed by atoms with Gasteiger partial charge in [-0.1, -0.05) is 55.7 Å². The van der Waals surface area contributed by atoms with Gasteiger partial charge in [0.05, 0.1) is 0 Å². The van der Waals surface area contributed by atoms with Gasteiger partial charge in [0, 0.05) is 5.66 Å². The largest absolute Gasteiger partial charge is 0.0995 e. The molecule has 2 rings (SSSR count). The summed E-state index contributed by atoms with van der Waals surface area (Å²) in [4.78, 5) is 0. The topological polar surface area (TPSA) is 0 Å². The standard InChI is InChI=1S/C19H36P2/c1-7-16-10-11-17(8-2)20(16)15(6)21-18(9-3)12-13-19(21)14(4)5/h15-19H,4,7-13H2,1-3,5-6H3/t15?,16-,17-,18-,19+,21?/m1/s1. The molecule has 0 bridgehead atoms. The van der Waals surface area contributed by atoms with E-state index in [4.69, 9.17) is 0 Å². The maximum absolute atomic E-state index is 4.37. The second kappa shape index (κ2) is 7.93. The van der Waals surface area contributed by atoms with Crippen molar-refractivity contribution in [2.45, 2.75) is 108 Å². The average molecular weight is 326 g/mol. The van der Waals surface area contributed by atoms with Crippen molar-refractivity contribution in [1.29, 1.82) is 0 Å². The van der Waals surface area contributed by atoms with Crippen molar-refractivity contribution in [3.8, 4) is 0 Å². The molecular weight excluding hydrogens is 290 g/mol. The van der Waals surface area contributed by atoms with Crippen molar-refractivity contribution < 1.29 is 0 Å². The van der Waals surface area contributed by atoms with Gasteiger partial charge in [0.2, 0.25) is 0 Å².